The Hall–Kier alpha value is -0.390. The van der Waals surface area contributed by atoms with Crippen molar-refractivity contribution in [3.8, 4) is 0 Å². The van der Waals surface area contributed by atoms with E-state index in [-0.39, 0.29) is 6.10 Å². The van der Waals surface area contributed by atoms with E-state index in [0.717, 1.165) is 19.6 Å². The molecular weight excluding hydrogens is 293 g/mol. The molecule has 2 heterocycles. The smallest absolute Gasteiger partial charge is 0.148 e. The lowest BCUT2D eigenvalue weighted by atomic mass is 10.1. The summed E-state index contributed by atoms with van der Waals surface area (Å²) in [6.07, 6.45) is 5.22. The summed E-state index contributed by atoms with van der Waals surface area (Å²) in [5, 5.41) is 3.63. The topological polar surface area (TPSA) is 47.0 Å². The van der Waals surface area contributed by atoms with Gasteiger partial charge in [-0.2, -0.15) is 0 Å². The van der Waals surface area contributed by atoms with Crippen LogP contribution >= 0.6 is 27.5 Å². The van der Waals surface area contributed by atoms with E-state index >= 15 is 0 Å². The molecule has 1 aliphatic rings. The summed E-state index contributed by atoms with van der Waals surface area (Å²) in [7, 11) is 0. The molecular formula is C10H13BrClN3O. The number of nitrogens with zero attached hydrogens (tertiary/aromatic N) is 2. The fraction of sp³-hybridized carbons (Fsp3) is 0.600. The van der Waals surface area contributed by atoms with Crippen LogP contribution in [-0.2, 0) is 4.74 Å². The Morgan fingerprint density at radius 1 is 1.50 bits per heavy atom. The lowest BCUT2D eigenvalue weighted by molar-refractivity contribution is 0.0247. The van der Waals surface area contributed by atoms with Crippen LogP contribution in [0.5, 0.6) is 0 Å². The third-order valence-corrected chi connectivity index (χ3v) is 3.78. The molecule has 0 amide bonds. The molecule has 1 aromatic rings. The zero-order valence-electron chi connectivity index (χ0n) is 8.75. The Kier molecular flexibility index (Phi) is 4.37. The molecule has 1 aromatic heterocycles. The average molecular weight is 307 g/mol. The quantitative estimate of drug-likeness (QED) is 0.872. The first-order chi connectivity index (χ1) is 7.77. The molecule has 0 saturated carbocycles. The molecule has 16 heavy (non-hydrogen) atoms. The molecule has 4 nitrogen and oxygen atoms in total. The number of hydrogen-bond donors (Lipinski definition) is 1. The van der Waals surface area contributed by atoms with Gasteiger partial charge in [0.15, 0.2) is 0 Å². The van der Waals surface area contributed by atoms with Crippen molar-refractivity contribution >= 4 is 33.3 Å². The molecule has 1 unspecified atom stereocenters. The van der Waals surface area contributed by atoms with E-state index in [1.165, 1.54) is 19.2 Å². The second-order valence-corrected chi connectivity index (χ2v) is 4.85. The molecule has 88 valence electrons. The highest BCUT2D eigenvalue weighted by atomic mass is 79.9. The van der Waals surface area contributed by atoms with Crippen LogP contribution in [0, 0.1) is 0 Å². The van der Waals surface area contributed by atoms with Gasteiger partial charge in [0.1, 0.15) is 17.3 Å². The third kappa shape index (κ3) is 3.06. The van der Waals surface area contributed by atoms with Crippen molar-refractivity contribution in [2.75, 3.05) is 18.5 Å². The van der Waals surface area contributed by atoms with Crippen molar-refractivity contribution < 1.29 is 4.74 Å². The Morgan fingerprint density at radius 3 is 3.12 bits per heavy atom. The Morgan fingerprint density at radius 2 is 2.38 bits per heavy atom. The lowest BCUT2D eigenvalue weighted by Gasteiger charge is -2.23. The van der Waals surface area contributed by atoms with Gasteiger partial charge in [-0.15, -0.1) is 0 Å². The fourth-order valence-corrected chi connectivity index (χ4v) is 2.13. The van der Waals surface area contributed by atoms with Crippen LogP contribution in [0.15, 0.2) is 10.8 Å². The number of hydrogen-bond acceptors (Lipinski definition) is 4. The maximum absolute atomic E-state index is 5.87. The summed E-state index contributed by atoms with van der Waals surface area (Å²) < 4.78 is 6.32. The van der Waals surface area contributed by atoms with Gasteiger partial charge in [0, 0.05) is 13.2 Å². The van der Waals surface area contributed by atoms with Crippen LogP contribution < -0.4 is 5.32 Å². The number of rotatable bonds is 3. The Labute approximate surface area is 108 Å². The highest BCUT2D eigenvalue weighted by molar-refractivity contribution is 9.10. The molecule has 1 atom stereocenters. The number of halogens is 2. The summed E-state index contributed by atoms with van der Waals surface area (Å²) in [5.41, 5.74) is 0. The van der Waals surface area contributed by atoms with Crippen LogP contribution in [0.25, 0.3) is 0 Å². The number of ether oxygens (including phenoxy) is 1. The minimum atomic E-state index is 0.273. The maximum Gasteiger partial charge on any atom is 0.148 e. The summed E-state index contributed by atoms with van der Waals surface area (Å²) in [6.45, 7) is 1.62. The first-order valence-corrected chi connectivity index (χ1v) is 6.46. The van der Waals surface area contributed by atoms with Crippen molar-refractivity contribution in [2.24, 2.45) is 0 Å². The molecule has 1 saturated heterocycles. The van der Waals surface area contributed by atoms with Crippen molar-refractivity contribution in [1.29, 1.82) is 0 Å². The van der Waals surface area contributed by atoms with E-state index in [1.807, 2.05) is 0 Å². The predicted molar refractivity (Wildman–Crippen MR) is 66.8 cm³/mol. The van der Waals surface area contributed by atoms with Crippen molar-refractivity contribution in [1.82, 2.24) is 9.97 Å². The zero-order chi connectivity index (χ0) is 11.4. The minimum absolute atomic E-state index is 0.273. The van der Waals surface area contributed by atoms with Crippen LogP contribution in [0.1, 0.15) is 19.3 Å². The van der Waals surface area contributed by atoms with Crippen LogP contribution in [0.2, 0.25) is 5.15 Å². The van der Waals surface area contributed by atoms with Crippen molar-refractivity contribution in [3.63, 3.8) is 0 Å². The summed E-state index contributed by atoms with van der Waals surface area (Å²) in [6, 6.07) is 0. The second-order valence-electron chi connectivity index (χ2n) is 3.70. The Balaban J connectivity index is 1.91. The van der Waals surface area contributed by atoms with Gasteiger partial charge < -0.3 is 10.1 Å². The van der Waals surface area contributed by atoms with E-state index in [2.05, 4.69) is 31.2 Å². The van der Waals surface area contributed by atoms with Gasteiger partial charge in [0.25, 0.3) is 0 Å². The molecule has 0 radical (unpaired) electrons. The van der Waals surface area contributed by atoms with Crippen LogP contribution in [-0.4, -0.2) is 29.2 Å². The molecule has 0 aliphatic carbocycles. The number of nitrogens with one attached hydrogen (secondary N) is 1. The molecule has 0 aromatic carbocycles. The predicted octanol–water partition coefficient (Wildman–Crippen LogP) is 2.87. The first-order valence-electron chi connectivity index (χ1n) is 5.29. The molecule has 1 N–H and O–H groups in total. The zero-order valence-corrected chi connectivity index (χ0v) is 11.1. The van der Waals surface area contributed by atoms with Crippen molar-refractivity contribution in [2.45, 2.75) is 25.4 Å². The number of anilines is 1. The molecule has 0 spiro atoms. The fourth-order valence-electron chi connectivity index (χ4n) is 1.65. The summed E-state index contributed by atoms with van der Waals surface area (Å²) >= 11 is 9.21. The van der Waals surface area contributed by atoms with Gasteiger partial charge in [-0.1, -0.05) is 11.6 Å². The number of aromatic nitrogens is 2. The highest BCUT2D eigenvalue weighted by Gasteiger charge is 2.14. The molecule has 6 heteroatoms. The van der Waals surface area contributed by atoms with Gasteiger partial charge >= 0.3 is 0 Å². The van der Waals surface area contributed by atoms with Crippen LogP contribution in [0.4, 0.5) is 5.82 Å². The van der Waals surface area contributed by atoms with Gasteiger partial charge in [-0.05, 0) is 35.2 Å². The van der Waals surface area contributed by atoms with Gasteiger partial charge in [-0.25, -0.2) is 9.97 Å². The normalized spacial score (nSPS) is 20.8. The van der Waals surface area contributed by atoms with Gasteiger partial charge in [-0.3, -0.25) is 0 Å². The minimum Gasteiger partial charge on any atom is -0.376 e. The third-order valence-electron chi connectivity index (χ3n) is 2.52. The van der Waals surface area contributed by atoms with Gasteiger partial charge in [0.2, 0.25) is 0 Å². The van der Waals surface area contributed by atoms with E-state index in [4.69, 9.17) is 16.3 Å². The first kappa shape index (κ1) is 12.1. The molecule has 1 aliphatic heterocycles. The second kappa shape index (κ2) is 5.80. The molecule has 1 fully saturated rings. The van der Waals surface area contributed by atoms with E-state index in [0.29, 0.717) is 15.4 Å². The van der Waals surface area contributed by atoms with E-state index in [1.54, 1.807) is 0 Å². The summed E-state index contributed by atoms with van der Waals surface area (Å²) in [4.78, 5) is 7.98. The van der Waals surface area contributed by atoms with E-state index < -0.39 is 0 Å². The Bertz CT molecular complexity index is 358. The van der Waals surface area contributed by atoms with Crippen molar-refractivity contribution in [3.05, 3.63) is 16.0 Å². The van der Waals surface area contributed by atoms with Crippen LogP contribution in [0.3, 0.4) is 0 Å². The average Bonchev–Trinajstić information content (AvgIpc) is 2.32. The van der Waals surface area contributed by atoms with Gasteiger partial charge in [0.05, 0.1) is 10.6 Å². The SMILES string of the molecule is Clc1ncnc(NCC2CCCCO2)c1Br. The monoisotopic (exact) mass is 305 g/mol. The standard InChI is InChI=1S/C10H13BrClN3O/c11-8-9(12)14-6-15-10(8)13-5-7-3-1-2-4-16-7/h6-7H,1-5H2,(H,13,14,15). The highest BCUT2D eigenvalue weighted by Crippen LogP contribution is 2.26. The maximum atomic E-state index is 5.87. The molecule has 0 bridgehead atoms. The summed E-state index contributed by atoms with van der Waals surface area (Å²) in [5.74, 6) is 0.717. The van der Waals surface area contributed by atoms with E-state index in [9.17, 15) is 0 Å². The molecule has 2 rings (SSSR count). The largest absolute Gasteiger partial charge is 0.376 e. The lowest BCUT2D eigenvalue weighted by Crippen LogP contribution is -2.27.